The SMILES string of the molecule is O=[N+]([O-])c1ccccc1-c1cc(O)ccc1-c1ccccc1O. The lowest BCUT2D eigenvalue weighted by Crippen LogP contribution is -1.93. The molecule has 0 amide bonds. The third-order valence-electron chi connectivity index (χ3n) is 3.59. The maximum atomic E-state index is 11.3. The second kappa shape index (κ2) is 5.81. The number of rotatable bonds is 3. The number of nitro benzene ring substituents is 1. The fraction of sp³-hybridized carbons (Fsp3) is 0. The van der Waals surface area contributed by atoms with E-state index in [0.29, 0.717) is 22.3 Å². The molecule has 0 saturated carbocycles. The van der Waals surface area contributed by atoms with Crippen LogP contribution in [0.3, 0.4) is 0 Å². The number of nitrogens with zero attached hydrogens (tertiary/aromatic N) is 1. The predicted octanol–water partition coefficient (Wildman–Crippen LogP) is 4.34. The van der Waals surface area contributed by atoms with Crippen LogP contribution in [0.4, 0.5) is 5.69 Å². The Balaban J connectivity index is 2.31. The van der Waals surface area contributed by atoms with Crippen LogP contribution in [0.1, 0.15) is 0 Å². The molecule has 114 valence electrons. The zero-order chi connectivity index (χ0) is 16.4. The van der Waals surface area contributed by atoms with Crippen molar-refractivity contribution in [2.75, 3.05) is 0 Å². The highest BCUT2D eigenvalue weighted by Crippen LogP contribution is 2.41. The highest BCUT2D eigenvalue weighted by molar-refractivity contribution is 5.89. The Bertz CT molecular complexity index is 890. The van der Waals surface area contributed by atoms with Crippen LogP contribution in [0.15, 0.2) is 66.7 Å². The van der Waals surface area contributed by atoms with Crippen molar-refractivity contribution in [2.45, 2.75) is 0 Å². The van der Waals surface area contributed by atoms with E-state index in [4.69, 9.17) is 0 Å². The third kappa shape index (κ3) is 2.72. The fourth-order valence-corrected chi connectivity index (χ4v) is 2.55. The molecular formula is C18H13NO4. The summed E-state index contributed by atoms with van der Waals surface area (Å²) in [5, 5.41) is 31.2. The average molecular weight is 307 g/mol. The molecule has 2 N–H and O–H groups in total. The van der Waals surface area contributed by atoms with Gasteiger partial charge in [0.05, 0.1) is 10.5 Å². The number of para-hydroxylation sites is 2. The summed E-state index contributed by atoms with van der Waals surface area (Å²) in [4.78, 5) is 10.8. The number of phenolic OH excluding ortho intramolecular Hbond substituents is 2. The van der Waals surface area contributed by atoms with E-state index in [1.807, 2.05) is 0 Å². The minimum absolute atomic E-state index is 0.00248. The van der Waals surface area contributed by atoms with Gasteiger partial charge >= 0.3 is 0 Å². The normalized spacial score (nSPS) is 10.4. The molecule has 3 rings (SSSR count). The summed E-state index contributed by atoms with van der Waals surface area (Å²) in [6.07, 6.45) is 0. The first-order chi connectivity index (χ1) is 11.1. The Labute approximate surface area is 132 Å². The maximum Gasteiger partial charge on any atom is 0.277 e. The van der Waals surface area contributed by atoms with Crippen LogP contribution >= 0.6 is 0 Å². The molecule has 0 fully saturated rings. The lowest BCUT2D eigenvalue weighted by Gasteiger charge is -2.12. The molecular weight excluding hydrogens is 294 g/mol. The van der Waals surface area contributed by atoms with Crippen molar-refractivity contribution in [3.05, 3.63) is 76.8 Å². The second-order valence-corrected chi connectivity index (χ2v) is 5.02. The zero-order valence-corrected chi connectivity index (χ0v) is 12.0. The van der Waals surface area contributed by atoms with Crippen LogP contribution in [0, 0.1) is 10.1 Å². The van der Waals surface area contributed by atoms with E-state index in [1.54, 1.807) is 48.5 Å². The van der Waals surface area contributed by atoms with Crippen LogP contribution in [0.2, 0.25) is 0 Å². The van der Waals surface area contributed by atoms with E-state index >= 15 is 0 Å². The summed E-state index contributed by atoms with van der Waals surface area (Å²) in [7, 11) is 0. The number of nitro groups is 1. The molecule has 0 aliphatic heterocycles. The lowest BCUT2D eigenvalue weighted by molar-refractivity contribution is -0.384. The second-order valence-electron chi connectivity index (χ2n) is 5.02. The van der Waals surface area contributed by atoms with Crippen LogP contribution < -0.4 is 0 Å². The molecule has 0 atom stereocenters. The number of hydrogen-bond donors (Lipinski definition) is 2. The van der Waals surface area contributed by atoms with Gasteiger partial charge in [0.2, 0.25) is 0 Å². The predicted molar refractivity (Wildman–Crippen MR) is 87.3 cm³/mol. The topological polar surface area (TPSA) is 83.6 Å². The quantitative estimate of drug-likeness (QED) is 0.557. The van der Waals surface area contributed by atoms with Gasteiger partial charge in [0, 0.05) is 17.2 Å². The van der Waals surface area contributed by atoms with E-state index in [-0.39, 0.29) is 17.2 Å². The van der Waals surface area contributed by atoms with Gasteiger partial charge < -0.3 is 10.2 Å². The van der Waals surface area contributed by atoms with Gasteiger partial charge in [0.25, 0.3) is 5.69 Å². The molecule has 0 spiro atoms. The van der Waals surface area contributed by atoms with Gasteiger partial charge in [0.1, 0.15) is 11.5 Å². The van der Waals surface area contributed by atoms with Gasteiger partial charge in [-0.1, -0.05) is 30.3 Å². The molecule has 23 heavy (non-hydrogen) atoms. The van der Waals surface area contributed by atoms with Crippen molar-refractivity contribution >= 4 is 5.69 Å². The molecule has 0 unspecified atom stereocenters. The highest BCUT2D eigenvalue weighted by Gasteiger charge is 2.19. The number of phenols is 2. The molecule has 3 aromatic carbocycles. The summed E-state index contributed by atoms with van der Waals surface area (Å²) in [5.74, 6) is 0.0651. The fourth-order valence-electron chi connectivity index (χ4n) is 2.55. The maximum absolute atomic E-state index is 11.3. The van der Waals surface area contributed by atoms with Crippen LogP contribution in [0.5, 0.6) is 11.5 Å². The van der Waals surface area contributed by atoms with Crippen LogP contribution in [-0.4, -0.2) is 15.1 Å². The van der Waals surface area contributed by atoms with Gasteiger partial charge in [-0.2, -0.15) is 0 Å². The molecule has 0 radical (unpaired) electrons. The van der Waals surface area contributed by atoms with E-state index in [9.17, 15) is 20.3 Å². The summed E-state index contributed by atoms with van der Waals surface area (Å²) >= 11 is 0. The summed E-state index contributed by atoms with van der Waals surface area (Å²) in [6, 6.07) is 17.6. The van der Waals surface area contributed by atoms with Gasteiger partial charge in [-0.25, -0.2) is 0 Å². The molecule has 0 aliphatic rings. The molecule has 0 bridgehead atoms. The third-order valence-corrected chi connectivity index (χ3v) is 3.59. The van der Waals surface area contributed by atoms with Crippen LogP contribution in [-0.2, 0) is 0 Å². The first-order valence-corrected chi connectivity index (χ1v) is 6.93. The van der Waals surface area contributed by atoms with Crippen LogP contribution in [0.25, 0.3) is 22.3 Å². The van der Waals surface area contributed by atoms with E-state index < -0.39 is 4.92 Å². The number of benzene rings is 3. The molecule has 5 heteroatoms. The van der Waals surface area contributed by atoms with Gasteiger partial charge in [-0.3, -0.25) is 10.1 Å². The summed E-state index contributed by atoms with van der Waals surface area (Å²) < 4.78 is 0. The van der Waals surface area contributed by atoms with Gasteiger partial charge in [0.15, 0.2) is 0 Å². The Hall–Kier alpha value is -3.34. The summed E-state index contributed by atoms with van der Waals surface area (Å²) in [5.41, 5.74) is 1.95. The first-order valence-electron chi connectivity index (χ1n) is 6.93. The number of aromatic hydroxyl groups is 2. The first kappa shape index (κ1) is 14.6. The molecule has 0 heterocycles. The molecule has 3 aromatic rings. The standard InChI is InChI=1S/C18H13NO4/c20-12-9-10-13(15-6-2-4-8-18(15)21)16(11-12)14-5-1-3-7-17(14)19(22)23/h1-11,20-21H. The highest BCUT2D eigenvalue weighted by atomic mass is 16.6. The van der Waals surface area contributed by atoms with Gasteiger partial charge in [-0.15, -0.1) is 0 Å². The molecule has 0 saturated heterocycles. The van der Waals surface area contributed by atoms with Crippen molar-refractivity contribution in [1.29, 1.82) is 0 Å². The Kier molecular flexibility index (Phi) is 3.68. The van der Waals surface area contributed by atoms with Crippen molar-refractivity contribution in [3.63, 3.8) is 0 Å². The zero-order valence-electron chi connectivity index (χ0n) is 12.0. The van der Waals surface area contributed by atoms with E-state index in [1.165, 1.54) is 18.2 Å². The monoisotopic (exact) mass is 307 g/mol. The largest absolute Gasteiger partial charge is 0.508 e. The smallest absolute Gasteiger partial charge is 0.277 e. The Morgan fingerprint density at radius 3 is 2.09 bits per heavy atom. The van der Waals surface area contributed by atoms with E-state index in [2.05, 4.69) is 0 Å². The molecule has 0 aliphatic carbocycles. The van der Waals surface area contributed by atoms with Crippen molar-refractivity contribution in [2.24, 2.45) is 0 Å². The minimum Gasteiger partial charge on any atom is -0.508 e. The van der Waals surface area contributed by atoms with Crippen molar-refractivity contribution < 1.29 is 15.1 Å². The Morgan fingerprint density at radius 1 is 0.739 bits per heavy atom. The molecule has 5 nitrogen and oxygen atoms in total. The minimum atomic E-state index is -0.464. The average Bonchev–Trinajstić information content (AvgIpc) is 2.55. The Morgan fingerprint density at radius 2 is 1.39 bits per heavy atom. The van der Waals surface area contributed by atoms with Crippen molar-refractivity contribution in [3.8, 4) is 33.8 Å². The number of hydrogen-bond acceptors (Lipinski definition) is 4. The summed E-state index contributed by atoms with van der Waals surface area (Å²) in [6.45, 7) is 0. The van der Waals surface area contributed by atoms with Gasteiger partial charge in [-0.05, 0) is 35.9 Å². The molecule has 0 aromatic heterocycles. The van der Waals surface area contributed by atoms with E-state index in [0.717, 1.165) is 0 Å². The van der Waals surface area contributed by atoms with Crippen molar-refractivity contribution in [1.82, 2.24) is 0 Å². The lowest BCUT2D eigenvalue weighted by atomic mass is 9.93.